The summed E-state index contributed by atoms with van der Waals surface area (Å²) in [7, 11) is 1.55. The number of rotatable bonds is 5. The zero-order valence-corrected chi connectivity index (χ0v) is 19.9. The maximum absolute atomic E-state index is 13.8. The number of phenolic OH excluding ortho intramolecular Hbond substituents is 1. The number of carbonyl (C=O) groups excluding carboxylic acids is 1. The molecule has 2 heterocycles. The van der Waals surface area contributed by atoms with Gasteiger partial charge in [0, 0.05) is 11.8 Å². The molecular weight excluding hydrogens is 446 g/mol. The molecule has 1 atom stereocenters. The Hall–Kier alpha value is -4.26. The van der Waals surface area contributed by atoms with Gasteiger partial charge in [0.1, 0.15) is 11.3 Å². The molecule has 0 fully saturated rings. The Labute approximate surface area is 202 Å². The molecule has 0 saturated heterocycles. The molecule has 4 aromatic rings. The highest BCUT2D eigenvalue weighted by atomic mass is 16.5. The van der Waals surface area contributed by atoms with Crippen LogP contribution in [0.5, 0.6) is 17.2 Å². The topological polar surface area (TPSA) is 89.2 Å². The average Bonchev–Trinajstić information content (AvgIpc) is 3.14. The Bertz CT molecular complexity index is 1540. The van der Waals surface area contributed by atoms with Gasteiger partial charge >= 0.3 is 0 Å². The van der Waals surface area contributed by atoms with Gasteiger partial charge in [-0.25, -0.2) is 0 Å². The number of amides is 1. The van der Waals surface area contributed by atoms with Crippen molar-refractivity contribution in [3.05, 3.63) is 92.8 Å². The molecule has 1 N–H and O–H groups in total. The summed E-state index contributed by atoms with van der Waals surface area (Å²) >= 11 is 0. The first-order chi connectivity index (χ1) is 16.8. The van der Waals surface area contributed by atoms with E-state index < -0.39 is 11.9 Å². The summed E-state index contributed by atoms with van der Waals surface area (Å²) in [6, 6.07) is 14.7. The second-order valence-corrected chi connectivity index (χ2v) is 8.55. The van der Waals surface area contributed by atoms with Crippen LogP contribution in [0.3, 0.4) is 0 Å². The van der Waals surface area contributed by atoms with E-state index in [1.165, 1.54) is 11.0 Å². The molecule has 178 valence electrons. The minimum Gasteiger partial charge on any atom is -0.504 e. The van der Waals surface area contributed by atoms with Crippen LogP contribution in [-0.4, -0.2) is 24.7 Å². The van der Waals surface area contributed by atoms with Crippen LogP contribution in [0.15, 0.2) is 63.8 Å². The lowest BCUT2D eigenvalue weighted by Crippen LogP contribution is -2.29. The number of hydrogen-bond acceptors (Lipinski definition) is 6. The number of anilines is 1. The van der Waals surface area contributed by atoms with Gasteiger partial charge in [0.15, 0.2) is 16.9 Å². The van der Waals surface area contributed by atoms with Gasteiger partial charge in [-0.3, -0.25) is 14.5 Å². The van der Waals surface area contributed by atoms with Crippen molar-refractivity contribution in [1.82, 2.24) is 0 Å². The van der Waals surface area contributed by atoms with Gasteiger partial charge in [0.05, 0.1) is 30.7 Å². The van der Waals surface area contributed by atoms with Crippen molar-refractivity contribution in [3.63, 3.8) is 0 Å². The third kappa shape index (κ3) is 3.60. The normalized spacial score (nSPS) is 14.9. The number of benzene rings is 3. The Kier molecular flexibility index (Phi) is 5.47. The first-order valence-electron chi connectivity index (χ1n) is 11.3. The van der Waals surface area contributed by atoms with Crippen molar-refractivity contribution in [1.29, 1.82) is 0 Å². The number of ether oxygens (including phenoxy) is 2. The second-order valence-electron chi connectivity index (χ2n) is 8.55. The summed E-state index contributed by atoms with van der Waals surface area (Å²) in [4.78, 5) is 29.2. The van der Waals surface area contributed by atoms with Gasteiger partial charge in [-0.15, -0.1) is 0 Å². The second kappa shape index (κ2) is 8.51. The highest BCUT2D eigenvalue weighted by Crippen LogP contribution is 2.43. The largest absolute Gasteiger partial charge is 0.504 e. The van der Waals surface area contributed by atoms with E-state index in [4.69, 9.17) is 13.9 Å². The number of methoxy groups -OCH3 is 1. The van der Waals surface area contributed by atoms with E-state index in [0.29, 0.717) is 34.6 Å². The number of phenols is 1. The molecular formula is C28H25NO6. The molecule has 1 amide bonds. The Morgan fingerprint density at radius 3 is 2.54 bits per heavy atom. The molecule has 7 nitrogen and oxygen atoms in total. The first-order valence-corrected chi connectivity index (χ1v) is 11.3. The SMILES string of the molecule is CCOc1cc(C2c3c(oc4cc(C)c(C)cc4c3=O)C(=O)N2c2cccc(OC)c2)ccc1O. The molecule has 1 aliphatic rings. The highest BCUT2D eigenvalue weighted by molar-refractivity contribution is 6.10. The number of carbonyl (C=O) groups is 1. The number of hydrogen-bond donors (Lipinski definition) is 1. The summed E-state index contributed by atoms with van der Waals surface area (Å²) < 4.78 is 17.0. The minimum absolute atomic E-state index is 0.00427. The lowest BCUT2D eigenvalue weighted by molar-refractivity contribution is 0.0971. The van der Waals surface area contributed by atoms with E-state index in [1.807, 2.05) is 20.8 Å². The van der Waals surface area contributed by atoms with Crippen LogP contribution in [0.4, 0.5) is 5.69 Å². The minimum atomic E-state index is -0.785. The van der Waals surface area contributed by atoms with Crippen LogP contribution in [0.25, 0.3) is 11.0 Å². The summed E-state index contributed by atoms with van der Waals surface area (Å²) in [5.74, 6) is 0.394. The van der Waals surface area contributed by atoms with Crippen LogP contribution in [-0.2, 0) is 0 Å². The van der Waals surface area contributed by atoms with Crippen molar-refractivity contribution in [3.8, 4) is 17.2 Å². The first kappa shape index (κ1) is 22.5. The van der Waals surface area contributed by atoms with Gasteiger partial charge in [-0.05, 0) is 73.9 Å². The molecule has 0 radical (unpaired) electrons. The fourth-order valence-corrected chi connectivity index (χ4v) is 4.54. The van der Waals surface area contributed by atoms with E-state index >= 15 is 0 Å². The summed E-state index contributed by atoms with van der Waals surface area (Å²) in [6.07, 6.45) is 0. The van der Waals surface area contributed by atoms with Gasteiger partial charge in [0.2, 0.25) is 5.76 Å². The van der Waals surface area contributed by atoms with Gasteiger partial charge in [-0.2, -0.15) is 0 Å². The van der Waals surface area contributed by atoms with Crippen molar-refractivity contribution < 1.29 is 23.8 Å². The molecule has 0 bridgehead atoms. The zero-order valence-electron chi connectivity index (χ0n) is 19.9. The third-order valence-corrected chi connectivity index (χ3v) is 6.42. The molecule has 7 heteroatoms. The third-order valence-electron chi connectivity index (χ3n) is 6.42. The standard InChI is InChI=1S/C28H25NO6/c1-5-34-23-13-17(9-10-21(23)30)25-24-26(31)20-11-15(2)16(3)12-22(20)35-27(24)28(32)29(25)18-7-6-8-19(14-18)33-4/h6-14,25,30H,5H2,1-4H3. The van der Waals surface area contributed by atoms with E-state index in [0.717, 1.165) is 11.1 Å². The summed E-state index contributed by atoms with van der Waals surface area (Å²) in [6.45, 7) is 6.03. The Morgan fingerprint density at radius 2 is 1.80 bits per heavy atom. The quantitative estimate of drug-likeness (QED) is 0.426. The fraction of sp³-hybridized carbons (Fsp3) is 0.214. The van der Waals surface area contributed by atoms with E-state index in [-0.39, 0.29) is 28.3 Å². The molecule has 35 heavy (non-hydrogen) atoms. The predicted molar refractivity (Wildman–Crippen MR) is 133 cm³/mol. The molecule has 1 aliphatic heterocycles. The predicted octanol–water partition coefficient (Wildman–Crippen LogP) is 5.27. The molecule has 0 aliphatic carbocycles. The molecule has 0 saturated carbocycles. The van der Waals surface area contributed by atoms with Crippen molar-refractivity contribution >= 4 is 22.6 Å². The summed E-state index contributed by atoms with van der Waals surface area (Å²) in [5.41, 5.74) is 3.44. The van der Waals surface area contributed by atoms with E-state index in [1.54, 1.807) is 55.6 Å². The summed E-state index contributed by atoms with van der Waals surface area (Å²) in [5, 5.41) is 10.7. The molecule has 5 rings (SSSR count). The van der Waals surface area contributed by atoms with Crippen molar-refractivity contribution in [2.45, 2.75) is 26.8 Å². The zero-order chi connectivity index (χ0) is 24.9. The van der Waals surface area contributed by atoms with Gasteiger partial charge in [-0.1, -0.05) is 12.1 Å². The van der Waals surface area contributed by atoms with Gasteiger partial charge < -0.3 is 19.0 Å². The highest BCUT2D eigenvalue weighted by Gasteiger charge is 2.44. The Morgan fingerprint density at radius 1 is 1.03 bits per heavy atom. The molecule has 3 aromatic carbocycles. The fourth-order valence-electron chi connectivity index (χ4n) is 4.54. The maximum Gasteiger partial charge on any atom is 0.295 e. The monoisotopic (exact) mass is 471 g/mol. The van der Waals surface area contributed by atoms with Crippen LogP contribution < -0.4 is 19.8 Å². The number of aryl methyl sites for hydroxylation is 2. The lowest BCUT2D eigenvalue weighted by atomic mass is 9.97. The van der Waals surface area contributed by atoms with Crippen LogP contribution in [0, 0.1) is 13.8 Å². The van der Waals surface area contributed by atoms with Crippen molar-refractivity contribution in [2.75, 3.05) is 18.6 Å². The van der Waals surface area contributed by atoms with E-state index in [2.05, 4.69) is 0 Å². The van der Waals surface area contributed by atoms with Crippen LogP contribution in [0.1, 0.15) is 45.8 Å². The number of nitrogens with zero attached hydrogens (tertiary/aromatic N) is 1. The number of fused-ring (bicyclic) bond motifs is 2. The maximum atomic E-state index is 13.8. The van der Waals surface area contributed by atoms with Crippen molar-refractivity contribution in [2.24, 2.45) is 0 Å². The Balaban J connectivity index is 1.81. The van der Waals surface area contributed by atoms with Crippen LogP contribution >= 0.6 is 0 Å². The average molecular weight is 472 g/mol. The molecule has 1 aromatic heterocycles. The van der Waals surface area contributed by atoms with Crippen LogP contribution in [0.2, 0.25) is 0 Å². The smallest absolute Gasteiger partial charge is 0.295 e. The van der Waals surface area contributed by atoms with Gasteiger partial charge in [0.25, 0.3) is 5.91 Å². The lowest BCUT2D eigenvalue weighted by Gasteiger charge is -2.26. The molecule has 0 spiro atoms. The van der Waals surface area contributed by atoms with E-state index in [9.17, 15) is 14.7 Å². The molecule has 1 unspecified atom stereocenters. The number of aromatic hydroxyl groups is 1.